The second-order valence-electron chi connectivity index (χ2n) is 4.94. The van der Waals surface area contributed by atoms with Crippen molar-refractivity contribution >= 4 is 0 Å². The quantitative estimate of drug-likeness (QED) is 0.842. The third-order valence-electron chi connectivity index (χ3n) is 3.48. The summed E-state index contributed by atoms with van der Waals surface area (Å²) in [5.74, 6) is -0.113. The summed E-state index contributed by atoms with van der Waals surface area (Å²) in [5.41, 5.74) is 1.74. The van der Waals surface area contributed by atoms with Crippen molar-refractivity contribution in [3.63, 3.8) is 0 Å². The van der Waals surface area contributed by atoms with E-state index in [-0.39, 0.29) is 11.9 Å². The van der Waals surface area contributed by atoms with Gasteiger partial charge in [0, 0.05) is 18.6 Å². The summed E-state index contributed by atoms with van der Waals surface area (Å²) in [6.07, 6.45) is 2.42. The number of hydrogen-bond acceptors (Lipinski definition) is 2. The maximum absolute atomic E-state index is 13.5. The Morgan fingerprint density at radius 2 is 2.29 bits per heavy atom. The van der Waals surface area contributed by atoms with Gasteiger partial charge in [-0.3, -0.25) is 0 Å². The molecular formula is C14H21FN2. The Labute approximate surface area is 103 Å². The number of aryl methyl sites for hydroxylation is 1. The van der Waals surface area contributed by atoms with Gasteiger partial charge in [-0.25, -0.2) is 4.39 Å². The van der Waals surface area contributed by atoms with E-state index in [9.17, 15) is 4.39 Å². The second-order valence-corrected chi connectivity index (χ2v) is 4.94. The second kappa shape index (κ2) is 5.61. The maximum Gasteiger partial charge on any atom is 0.126 e. The summed E-state index contributed by atoms with van der Waals surface area (Å²) < 4.78 is 13.5. The zero-order chi connectivity index (χ0) is 12.3. The maximum atomic E-state index is 13.5. The first-order chi connectivity index (χ1) is 8.16. The van der Waals surface area contributed by atoms with Crippen molar-refractivity contribution in [3.8, 4) is 0 Å². The molecule has 0 aromatic heterocycles. The van der Waals surface area contributed by atoms with E-state index < -0.39 is 0 Å². The van der Waals surface area contributed by atoms with Crippen LogP contribution < -0.4 is 10.6 Å². The van der Waals surface area contributed by atoms with E-state index in [1.165, 1.54) is 12.8 Å². The summed E-state index contributed by atoms with van der Waals surface area (Å²) in [7, 11) is 0. The minimum absolute atomic E-state index is 0.113. The lowest BCUT2D eigenvalue weighted by Gasteiger charge is -2.27. The number of piperidine rings is 1. The molecule has 0 spiro atoms. The molecule has 0 amide bonds. The van der Waals surface area contributed by atoms with Gasteiger partial charge in [-0.1, -0.05) is 12.1 Å². The van der Waals surface area contributed by atoms with Crippen LogP contribution in [0, 0.1) is 12.7 Å². The summed E-state index contributed by atoms with van der Waals surface area (Å²) in [6, 6.07) is 6.20. The Morgan fingerprint density at radius 1 is 1.47 bits per heavy atom. The summed E-state index contributed by atoms with van der Waals surface area (Å²) in [6.45, 7) is 6.02. The van der Waals surface area contributed by atoms with Crippen molar-refractivity contribution in [2.24, 2.45) is 0 Å². The predicted octanol–water partition coefficient (Wildman–Crippen LogP) is 2.54. The van der Waals surface area contributed by atoms with Crippen molar-refractivity contribution in [2.75, 3.05) is 13.1 Å². The van der Waals surface area contributed by atoms with E-state index in [1.807, 2.05) is 12.1 Å². The fourth-order valence-corrected chi connectivity index (χ4v) is 2.32. The van der Waals surface area contributed by atoms with Crippen LogP contribution in [0.25, 0.3) is 0 Å². The first kappa shape index (κ1) is 12.5. The topological polar surface area (TPSA) is 24.1 Å². The lowest BCUT2D eigenvalue weighted by molar-refractivity contribution is 0.361. The summed E-state index contributed by atoms with van der Waals surface area (Å²) in [5, 5.41) is 6.93. The lowest BCUT2D eigenvalue weighted by Crippen LogP contribution is -2.43. The third kappa shape index (κ3) is 3.27. The molecule has 0 aliphatic carbocycles. The van der Waals surface area contributed by atoms with Gasteiger partial charge in [0.05, 0.1) is 0 Å². The Kier molecular flexibility index (Phi) is 4.13. The molecule has 0 saturated carbocycles. The number of nitrogens with one attached hydrogen (secondary N) is 2. The van der Waals surface area contributed by atoms with Crippen LogP contribution >= 0.6 is 0 Å². The third-order valence-corrected chi connectivity index (χ3v) is 3.48. The van der Waals surface area contributed by atoms with Crippen molar-refractivity contribution in [1.29, 1.82) is 0 Å². The van der Waals surface area contributed by atoms with Crippen LogP contribution in [0.4, 0.5) is 4.39 Å². The van der Waals surface area contributed by atoms with Gasteiger partial charge < -0.3 is 10.6 Å². The molecule has 17 heavy (non-hydrogen) atoms. The van der Waals surface area contributed by atoms with Gasteiger partial charge in [-0.15, -0.1) is 0 Å². The highest BCUT2D eigenvalue weighted by molar-refractivity contribution is 5.25. The van der Waals surface area contributed by atoms with E-state index in [1.54, 1.807) is 13.0 Å². The van der Waals surface area contributed by atoms with Gasteiger partial charge in [0.2, 0.25) is 0 Å². The molecule has 2 N–H and O–H groups in total. The van der Waals surface area contributed by atoms with E-state index in [0.717, 1.165) is 18.7 Å². The molecule has 1 heterocycles. The normalized spacial score (nSPS) is 22.4. The molecule has 2 rings (SSSR count). The Hall–Kier alpha value is -0.930. The van der Waals surface area contributed by atoms with Crippen LogP contribution in [0.2, 0.25) is 0 Å². The van der Waals surface area contributed by atoms with Gasteiger partial charge in [-0.2, -0.15) is 0 Å². The molecule has 1 saturated heterocycles. The van der Waals surface area contributed by atoms with E-state index in [4.69, 9.17) is 0 Å². The minimum atomic E-state index is -0.113. The fraction of sp³-hybridized carbons (Fsp3) is 0.571. The molecule has 2 nitrogen and oxygen atoms in total. The molecule has 1 aliphatic rings. The number of rotatable bonds is 3. The van der Waals surface area contributed by atoms with Crippen LogP contribution in [0.3, 0.4) is 0 Å². The molecule has 1 fully saturated rings. The molecular weight excluding hydrogens is 215 g/mol. The molecule has 1 aliphatic heterocycles. The van der Waals surface area contributed by atoms with Crippen molar-refractivity contribution in [2.45, 2.75) is 38.8 Å². The average Bonchev–Trinajstić information content (AvgIpc) is 2.34. The van der Waals surface area contributed by atoms with Crippen molar-refractivity contribution < 1.29 is 4.39 Å². The first-order valence-corrected chi connectivity index (χ1v) is 6.39. The van der Waals surface area contributed by atoms with Gasteiger partial charge in [-0.05, 0) is 50.4 Å². The lowest BCUT2D eigenvalue weighted by atomic mass is 10.0. The minimum Gasteiger partial charge on any atom is -0.315 e. The van der Waals surface area contributed by atoms with Crippen molar-refractivity contribution in [1.82, 2.24) is 10.6 Å². The van der Waals surface area contributed by atoms with E-state index in [2.05, 4.69) is 17.6 Å². The molecule has 3 heteroatoms. The Balaban J connectivity index is 1.98. The zero-order valence-corrected chi connectivity index (χ0v) is 10.6. The Morgan fingerprint density at radius 3 is 2.94 bits per heavy atom. The van der Waals surface area contributed by atoms with Crippen LogP contribution in [0.5, 0.6) is 0 Å². The largest absolute Gasteiger partial charge is 0.315 e. The monoisotopic (exact) mass is 236 g/mol. The molecule has 1 aromatic carbocycles. The standard InChI is InChI=1S/C14H21FN2/c1-10-5-6-12(8-14(10)15)11(2)17-13-4-3-7-16-9-13/h5-6,8,11,13,16-17H,3-4,7,9H2,1-2H3. The fourth-order valence-electron chi connectivity index (χ4n) is 2.32. The average molecular weight is 236 g/mol. The molecule has 2 atom stereocenters. The SMILES string of the molecule is Cc1ccc(C(C)NC2CCCNC2)cc1F. The zero-order valence-electron chi connectivity index (χ0n) is 10.6. The highest BCUT2D eigenvalue weighted by atomic mass is 19.1. The van der Waals surface area contributed by atoms with Crippen LogP contribution in [-0.2, 0) is 0 Å². The number of benzene rings is 1. The number of hydrogen-bond donors (Lipinski definition) is 2. The molecule has 94 valence electrons. The van der Waals surface area contributed by atoms with Gasteiger partial charge in [0.1, 0.15) is 5.82 Å². The first-order valence-electron chi connectivity index (χ1n) is 6.39. The van der Waals surface area contributed by atoms with Crippen LogP contribution in [-0.4, -0.2) is 19.1 Å². The van der Waals surface area contributed by atoms with Crippen molar-refractivity contribution in [3.05, 3.63) is 35.1 Å². The van der Waals surface area contributed by atoms with Gasteiger partial charge in [0.15, 0.2) is 0 Å². The molecule has 0 radical (unpaired) electrons. The molecule has 0 bridgehead atoms. The highest BCUT2D eigenvalue weighted by Gasteiger charge is 2.16. The molecule has 1 aromatic rings. The van der Waals surface area contributed by atoms with Gasteiger partial charge in [0.25, 0.3) is 0 Å². The van der Waals surface area contributed by atoms with Gasteiger partial charge >= 0.3 is 0 Å². The summed E-state index contributed by atoms with van der Waals surface area (Å²) in [4.78, 5) is 0. The summed E-state index contributed by atoms with van der Waals surface area (Å²) >= 11 is 0. The molecule has 2 unspecified atom stereocenters. The smallest absolute Gasteiger partial charge is 0.126 e. The number of halogens is 1. The Bertz CT molecular complexity index is 372. The highest BCUT2D eigenvalue weighted by Crippen LogP contribution is 2.17. The van der Waals surface area contributed by atoms with E-state index in [0.29, 0.717) is 11.6 Å². The van der Waals surface area contributed by atoms with Crippen LogP contribution in [0.15, 0.2) is 18.2 Å². The predicted molar refractivity (Wildman–Crippen MR) is 68.6 cm³/mol. The van der Waals surface area contributed by atoms with Crippen LogP contribution in [0.1, 0.15) is 36.9 Å². The van der Waals surface area contributed by atoms with E-state index >= 15 is 0 Å².